The highest BCUT2D eigenvalue weighted by molar-refractivity contribution is 7.91. The number of para-hydroxylation sites is 8. The van der Waals surface area contributed by atoms with E-state index in [2.05, 4.69) is 308 Å². The zero-order valence-corrected chi connectivity index (χ0v) is 57.7. The van der Waals surface area contributed by atoms with Gasteiger partial charge in [0.15, 0.2) is 0 Å². The number of anilines is 12. The number of benzene rings is 14. The fourth-order valence-corrected chi connectivity index (χ4v) is 15.9. The molecule has 18 aromatic rings. The van der Waals surface area contributed by atoms with Crippen LogP contribution in [0, 0.1) is 0 Å². The molecule has 0 radical (unpaired) electrons. The Balaban J connectivity index is 0.641. The van der Waals surface area contributed by atoms with Gasteiger partial charge in [-0.05, 0) is 230 Å². The Labute approximate surface area is 609 Å². The minimum Gasteiger partial charge on any atom is -0.310 e. The molecule has 0 aliphatic carbocycles. The maximum absolute atomic E-state index is 14.5. The Morgan fingerprint density at radius 1 is 0.210 bits per heavy atom. The second-order valence-electron chi connectivity index (χ2n) is 25.9. The fourth-order valence-electron chi connectivity index (χ4n) is 14.6. The van der Waals surface area contributed by atoms with E-state index in [1.165, 1.54) is 0 Å². The first kappa shape index (κ1) is 63.3. The Hall–Kier alpha value is -13.9. The molecule has 500 valence electrons. The molecule has 14 aromatic carbocycles. The highest BCUT2D eigenvalue weighted by Gasteiger charge is 2.25. The van der Waals surface area contributed by atoms with Gasteiger partial charge in [0.1, 0.15) is 11.6 Å². The summed E-state index contributed by atoms with van der Waals surface area (Å²) < 4.78 is 33.4. The van der Waals surface area contributed by atoms with Crippen molar-refractivity contribution in [1.82, 2.24) is 19.1 Å². The number of hydrogen-bond acceptors (Lipinski definition) is 8. The molecule has 0 amide bonds. The standard InChI is InChI=1S/C94H66N8O2S/c103-105(104,83-51-41-67(42-52-83)69-45-59-93(95-65-69)101-89-55-47-79(97(71-25-9-1-10-26-71)72-27-11-2-12-28-72)61-85(89)86-62-80(48-56-90(86)101)98(73-29-13-3-14-30-73)74-31-15-4-16-32-74)84-53-43-68(44-54-84)70-46-60-94(96-66-70)102-91-57-49-81(99(75-33-17-5-18-34-75)76-35-19-6-20-36-76)63-87(91)88-64-82(50-58-92(88)102)100(77-37-21-7-22-38-77)78-39-23-8-24-40-78/h1-66H. The van der Waals surface area contributed by atoms with Crippen molar-refractivity contribution in [2.75, 3.05) is 19.6 Å². The fraction of sp³-hybridized carbons (Fsp3) is 0. The number of aromatic nitrogens is 4. The summed E-state index contributed by atoms with van der Waals surface area (Å²) in [5.41, 5.74) is 19.9. The zero-order chi connectivity index (χ0) is 70.2. The normalized spacial score (nSPS) is 11.5. The molecule has 0 fully saturated rings. The molecular weight excluding hydrogens is 1310 g/mol. The molecule has 0 saturated carbocycles. The summed E-state index contributed by atoms with van der Waals surface area (Å²) >= 11 is 0. The summed E-state index contributed by atoms with van der Waals surface area (Å²) in [6.07, 6.45) is 3.73. The summed E-state index contributed by atoms with van der Waals surface area (Å²) in [5, 5.41) is 4.27. The lowest BCUT2D eigenvalue weighted by atomic mass is 10.1. The van der Waals surface area contributed by atoms with Gasteiger partial charge in [-0.2, -0.15) is 0 Å². The Kier molecular flexibility index (Phi) is 16.4. The van der Waals surface area contributed by atoms with E-state index in [9.17, 15) is 8.42 Å². The summed E-state index contributed by atoms with van der Waals surface area (Å²) in [4.78, 5) is 19.9. The number of fused-ring (bicyclic) bond motifs is 6. The van der Waals surface area contributed by atoms with Gasteiger partial charge in [-0.3, -0.25) is 9.13 Å². The monoisotopic (exact) mass is 1370 g/mol. The largest absolute Gasteiger partial charge is 0.310 e. The Bertz CT molecular complexity index is 5420. The van der Waals surface area contributed by atoms with Crippen LogP contribution in [0.2, 0.25) is 0 Å². The van der Waals surface area contributed by atoms with Crippen LogP contribution < -0.4 is 19.6 Å². The van der Waals surface area contributed by atoms with Crippen LogP contribution in [0.4, 0.5) is 68.2 Å². The van der Waals surface area contributed by atoms with Crippen LogP contribution in [0.25, 0.3) is 77.5 Å². The molecule has 0 unspecified atom stereocenters. The Morgan fingerprint density at radius 2 is 0.419 bits per heavy atom. The van der Waals surface area contributed by atoms with Crippen LogP contribution in [-0.2, 0) is 9.84 Å². The van der Waals surface area contributed by atoms with E-state index in [4.69, 9.17) is 9.97 Å². The number of nitrogens with zero attached hydrogens (tertiary/aromatic N) is 8. The van der Waals surface area contributed by atoms with Crippen molar-refractivity contribution in [2.45, 2.75) is 9.79 Å². The molecule has 4 heterocycles. The van der Waals surface area contributed by atoms with E-state index < -0.39 is 9.84 Å². The topological polar surface area (TPSA) is 82.7 Å². The second-order valence-corrected chi connectivity index (χ2v) is 27.8. The van der Waals surface area contributed by atoms with Crippen molar-refractivity contribution in [1.29, 1.82) is 0 Å². The van der Waals surface area contributed by atoms with Gasteiger partial charge in [0, 0.05) is 113 Å². The van der Waals surface area contributed by atoms with Crippen LogP contribution >= 0.6 is 0 Å². The summed E-state index contributed by atoms with van der Waals surface area (Å²) in [5.74, 6) is 1.49. The van der Waals surface area contributed by atoms with E-state index in [0.29, 0.717) is 0 Å². The number of hydrogen-bond donors (Lipinski definition) is 0. The quantitative estimate of drug-likeness (QED) is 0.0840. The molecular formula is C94H66N8O2S. The van der Waals surface area contributed by atoms with Crippen molar-refractivity contribution < 1.29 is 8.42 Å². The van der Waals surface area contributed by atoms with Crippen LogP contribution in [0.5, 0.6) is 0 Å². The zero-order valence-electron chi connectivity index (χ0n) is 56.9. The molecule has 0 spiro atoms. The minimum absolute atomic E-state index is 0.195. The van der Waals surface area contributed by atoms with Crippen LogP contribution in [0.15, 0.2) is 410 Å². The molecule has 0 aliphatic rings. The molecule has 10 nitrogen and oxygen atoms in total. The van der Waals surface area contributed by atoms with Crippen molar-refractivity contribution >= 4 is 122 Å². The van der Waals surface area contributed by atoms with Crippen molar-refractivity contribution in [2.24, 2.45) is 0 Å². The highest BCUT2D eigenvalue weighted by Crippen LogP contribution is 2.46. The van der Waals surface area contributed by atoms with E-state index >= 15 is 0 Å². The predicted molar refractivity (Wildman–Crippen MR) is 432 cm³/mol. The SMILES string of the molecule is O=S(=O)(c1ccc(-c2ccc(-n3c4ccc(N(c5ccccc5)c5ccccc5)cc4c4cc(N(c5ccccc5)c5ccccc5)ccc43)nc2)cc1)c1ccc(-c2ccc(-n3c4ccc(N(c5ccccc5)c5ccccc5)cc4c4cc(N(c5ccccc5)c5ccccc5)ccc43)nc2)cc1. The maximum atomic E-state index is 14.5. The summed E-state index contributed by atoms with van der Waals surface area (Å²) in [6, 6.07) is 133. The van der Waals surface area contributed by atoms with Gasteiger partial charge in [0.05, 0.1) is 31.9 Å². The van der Waals surface area contributed by atoms with Gasteiger partial charge in [-0.25, -0.2) is 18.4 Å². The van der Waals surface area contributed by atoms with Gasteiger partial charge in [-0.15, -0.1) is 0 Å². The molecule has 11 heteroatoms. The van der Waals surface area contributed by atoms with Gasteiger partial charge in [-0.1, -0.05) is 170 Å². The highest BCUT2D eigenvalue weighted by atomic mass is 32.2. The van der Waals surface area contributed by atoms with Gasteiger partial charge in [0.25, 0.3) is 0 Å². The van der Waals surface area contributed by atoms with Crippen molar-refractivity contribution in [3.05, 3.63) is 401 Å². The molecule has 18 rings (SSSR count). The first-order valence-electron chi connectivity index (χ1n) is 35.0. The van der Waals surface area contributed by atoms with E-state index in [1.807, 2.05) is 97.3 Å². The van der Waals surface area contributed by atoms with Crippen LogP contribution in [0.3, 0.4) is 0 Å². The summed E-state index contributed by atoms with van der Waals surface area (Å²) in [7, 11) is -3.90. The Morgan fingerprint density at radius 3 is 0.619 bits per heavy atom. The molecule has 0 bridgehead atoms. The third-order valence-electron chi connectivity index (χ3n) is 19.6. The van der Waals surface area contributed by atoms with Crippen LogP contribution in [-0.4, -0.2) is 27.5 Å². The molecule has 0 saturated heterocycles. The van der Waals surface area contributed by atoms with Crippen LogP contribution in [0.1, 0.15) is 0 Å². The minimum atomic E-state index is -3.90. The molecule has 0 N–H and O–H groups in total. The summed E-state index contributed by atoms with van der Waals surface area (Å²) in [6.45, 7) is 0. The lowest BCUT2D eigenvalue weighted by molar-refractivity contribution is 0.596. The average molecular weight is 1370 g/mol. The molecule has 105 heavy (non-hydrogen) atoms. The smallest absolute Gasteiger partial charge is 0.206 e. The first-order chi connectivity index (χ1) is 51.8. The number of sulfone groups is 1. The average Bonchev–Trinajstić information content (AvgIpc) is 1.59. The lowest BCUT2D eigenvalue weighted by Crippen LogP contribution is -2.09. The first-order valence-corrected chi connectivity index (χ1v) is 36.5. The third-order valence-corrected chi connectivity index (χ3v) is 21.3. The van der Waals surface area contributed by atoms with Crippen molar-refractivity contribution in [3.63, 3.8) is 0 Å². The van der Waals surface area contributed by atoms with Gasteiger partial charge in [0.2, 0.25) is 9.84 Å². The van der Waals surface area contributed by atoms with E-state index in [-0.39, 0.29) is 9.79 Å². The van der Waals surface area contributed by atoms with Crippen molar-refractivity contribution in [3.8, 4) is 33.9 Å². The number of pyridine rings is 2. The lowest BCUT2D eigenvalue weighted by Gasteiger charge is -2.26. The molecule has 0 aliphatic heterocycles. The third kappa shape index (κ3) is 11.9. The predicted octanol–water partition coefficient (Wildman–Crippen LogP) is 24.7. The van der Waals surface area contributed by atoms with Gasteiger partial charge < -0.3 is 19.6 Å². The molecule has 4 aromatic heterocycles. The second kappa shape index (κ2) is 27.2. The molecule has 0 atom stereocenters. The van der Waals surface area contributed by atoms with Gasteiger partial charge >= 0.3 is 0 Å². The maximum Gasteiger partial charge on any atom is 0.206 e. The van der Waals surface area contributed by atoms with E-state index in [1.54, 1.807) is 24.3 Å². The number of rotatable bonds is 18. The van der Waals surface area contributed by atoms with E-state index in [0.717, 1.165) is 146 Å².